The molecule has 3 amide bonds. The van der Waals surface area contributed by atoms with E-state index >= 15 is 0 Å². The molecule has 1 heterocycles. The van der Waals surface area contributed by atoms with Gasteiger partial charge in [0.1, 0.15) is 0 Å². The monoisotopic (exact) mass is 377 g/mol. The summed E-state index contributed by atoms with van der Waals surface area (Å²) >= 11 is 6.02. The molecule has 0 radical (unpaired) electrons. The number of rotatable bonds is 3. The first-order valence-corrected chi connectivity index (χ1v) is 10.0. The lowest BCUT2D eigenvalue weighted by Crippen LogP contribution is -2.54. The van der Waals surface area contributed by atoms with Gasteiger partial charge in [-0.25, -0.2) is 4.79 Å². The average Bonchev–Trinajstić information content (AvgIpc) is 2.68. The van der Waals surface area contributed by atoms with Crippen molar-refractivity contribution in [3.05, 3.63) is 34.9 Å². The van der Waals surface area contributed by atoms with E-state index in [1.807, 2.05) is 36.1 Å². The van der Waals surface area contributed by atoms with E-state index in [1.54, 1.807) is 4.90 Å². The lowest BCUT2D eigenvalue weighted by atomic mass is 9.88. The molecule has 2 aliphatic rings. The first kappa shape index (κ1) is 19.0. The third-order valence-electron chi connectivity index (χ3n) is 5.52. The van der Waals surface area contributed by atoms with Crippen molar-refractivity contribution in [2.75, 3.05) is 26.2 Å². The van der Waals surface area contributed by atoms with Gasteiger partial charge in [-0.3, -0.25) is 4.79 Å². The van der Waals surface area contributed by atoms with Crippen LogP contribution in [0.5, 0.6) is 0 Å². The molecule has 0 spiro atoms. The second kappa shape index (κ2) is 8.76. The summed E-state index contributed by atoms with van der Waals surface area (Å²) in [6.45, 7) is 4.40. The standard InChI is InChI=1S/C20H28ClN3O2/c1-15(17-8-5-9-18(21)14-17)22-20(26)24-12-10-23(11-13-24)19(25)16-6-3-2-4-7-16/h5,8-9,14-16H,2-4,6-7,10-13H2,1H3,(H,22,26). The number of hydrogen-bond acceptors (Lipinski definition) is 2. The van der Waals surface area contributed by atoms with Crippen molar-refractivity contribution < 1.29 is 9.59 Å². The molecule has 26 heavy (non-hydrogen) atoms. The van der Waals surface area contributed by atoms with Crippen molar-refractivity contribution in [2.24, 2.45) is 5.92 Å². The third-order valence-corrected chi connectivity index (χ3v) is 5.76. The summed E-state index contributed by atoms with van der Waals surface area (Å²) in [5.74, 6) is 0.490. The largest absolute Gasteiger partial charge is 0.339 e. The van der Waals surface area contributed by atoms with Crippen LogP contribution in [0.3, 0.4) is 0 Å². The maximum absolute atomic E-state index is 12.6. The van der Waals surface area contributed by atoms with Crippen molar-refractivity contribution in [2.45, 2.75) is 45.1 Å². The molecule has 142 valence electrons. The van der Waals surface area contributed by atoms with E-state index in [0.717, 1.165) is 18.4 Å². The fraction of sp³-hybridized carbons (Fsp3) is 0.600. The quantitative estimate of drug-likeness (QED) is 0.870. The number of carbonyl (C=O) groups excluding carboxylic acids is 2. The summed E-state index contributed by atoms with van der Waals surface area (Å²) in [4.78, 5) is 28.9. The molecule has 1 aliphatic heterocycles. The molecule has 6 heteroatoms. The molecule has 1 aromatic rings. The zero-order chi connectivity index (χ0) is 18.5. The second-order valence-electron chi connectivity index (χ2n) is 7.37. The summed E-state index contributed by atoms with van der Waals surface area (Å²) in [6.07, 6.45) is 5.64. The van der Waals surface area contributed by atoms with Gasteiger partial charge in [0.2, 0.25) is 5.91 Å². The highest BCUT2D eigenvalue weighted by Crippen LogP contribution is 2.26. The van der Waals surface area contributed by atoms with Crippen LogP contribution in [-0.4, -0.2) is 47.9 Å². The maximum atomic E-state index is 12.6. The van der Waals surface area contributed by atoms with Gasteiger partial charge in [-0.2, -0.15) is 0 Å². The molecular formula is C20H28ClN3O2. The van der Waals surface area contributed by atoms with E-state index in [9.17, 15) is 9.59 Å². The van der Waals surface area contributed by atoms with Gasteiger partial charge < -0.3 is 15.1 Å². The van der Waals surface area contributed by atoms with Crippen molar-refractivity contribution in [3.8, 4) is 0 Å². The predicted octanol–water partition coefficient (Wildman–Crippen LogP) is 3.84. The highest BCUT2D eigenvalue weighted by atomic mass is 35.5. The fourth-order valence-corrected chi connectivity index (χ4v) is 4.07. The van der Waals surface area contributed by atoms with Crippen molar-refractivity contribution >= 4 is 23.5 Å². The van der Waals surface area contributed by atoms with Gasteiger partial charge in [-0.15, -0.1) is 0 Å². The highest BCUT2D eigenvalue weighted by molar-refractivity contribution is 6.30. The number of piperazine rings is 1. The van der Waals surface area contributed by atoms with E-state index in [2.05, 4.69) is 5.32 Å². The molecule has 1 saturated carbocycles. The van der Waals surface area contributed by atoms with E-state index in [1.165, 1.54) is 19.3 Å². The Morgan fingerprint density at radius 1 is 1.08 bits per heavy atom. The van der Waals surface area contributed by atoms with Crippen molar-refractivity contribution in [3.63, 3.8) is 0 Å². The molecule has 1 N–H and O–H groups in total. The normalized spacial score (nSPS) is 19.9. The van der Waals surface area contributed by atoms with Crippen LogP contribution in [0.1, 0.15) is 50.6 Å². The van der Waals surface area contributed by atoms with Gasteiger partial charge >= 0.3 is 6.03 Å². The van der Waals surface area contributed by atoms with Crippen molar-refractivity contribution in [1.82, 2.24) is 15.1 Å². The first-order valence-electron chi connectivity index (χ1n) is 9.64. The number of halogens is 1. The molecule has 3 rings (SSSR count). The minimum Gasteiger partial charge on any atom is -0.339 e. The van der Waals surface area contributed by atoms with Crippen LogP contribution < -0.4 is 5.32 Å². The van der Waals surface area contributed by atoms with E-state index in [-0.39, 0.29) is 23.9 Å². The lowest BCUT2D eigenvalue weighted by Gasteiger charge is -2.37. The SMILES string of the molecule is CC(NC(=O)N1CCN(C(=O)C2CCCCC2)CC1)c1cccc(Cl)c1. The topological polar surface area (TPSA) is 52.7 Å². The summed E-state index contributed by atoms with van der Waals surface area (Å²) in [5, 5.41) is 3.69. The Morgan fingerprint density at radius 3 is 2.38 bits per heavy atom. The van der Waals surface area contributed by atoms with E-state index in [0.29, 0.717) is 31.2 Å². The Balaban J connectivity index is 1.48. The minimum atomic E-state index is -0.108. The van der Waals surface area contributed by atoms with E-state index < -0.39 is 0 Å². The zero-order valence-corrected chi connectivity index (χ0v) is 16.2. The Morgan fingerprint density at radius 2 is 1.73 bits per heavy atom. The number of urea groups is 1. The number of nitrogens with one attached hydrogen (secondary N) is 1. The number of hydrogen-bond donors (Lipinski definition) is 1. The molecule has 1 aliphatic carbocycles. The van der Waals surface area contributed by atoms with Gasteiger partial charge in [0, 0.05) is 37.1 Å². The molecule has 1 saturated heterocycles. The molecule has 5 nitrogen and oxygen atoms in total. The van der Waals surface area contributed by atoms with Gasteiger partial charge in [0.25, 0.3) is 0 Å². The second-order valence-corrected chi connectivity index (χ2v) is 7.81. The smallest absolute Gasteiger partial charge is 0.317 e. The van der Waals surface area contributed by atoms with Crippen LogP contribution in [0.2, 0.25) is 5.02 Å². The Labute approximate surface area is 160 Å². The van der Waals surface area contributed by atoms with Crippen LogP contribution >= 0.6 is 11.6 Å². The number of carbonyl (C=O) groups is 2. The van der Waals surface area contributed by atoms with Crippen molar-refractivity contribution in [1.29, 1.82) is 0 Å². The summed E-state index contributed by atoms with van der Waals surface area (Å²) in [7, 11) is 0. The number of amides is 3. The van der Waals surface area contributed by atoms with Gasteiger partial charge in [0.05, 0.1) is 6.04 Å². The molecule has 2 fully saturated rings. The van der Waals surface area contributed by atoms with E-state index in [4.69, 9.17) is 11.6 Å². The zero-order valence-electron chi connectivity index (χ0n) is 15.4. The molecule has 0 bridgehead atoms. The highest BCUT2D eigenvalue weighted by Gasteiger charge is 2.29. The van der Waals surface area contributed by atoms with Crippen LogP contribution in [0, 0.1) is 5.92 Å². The Bertz CT molecular complexity index is 638. The summed E-state index contributed by atoms with van der Waals surface area (Å²) < 4.78 is 0. The molecule has 1 atom stereocenters. The Kier molecular flexibility index (Phi) is 6.41. The van der Waals surface area contributed by atoms with Crippen LogP contribution in [-0.2, 0) is 4.79 Å². The lowest BCUT2D eigenvalue weighted by molar-refractivity contribution is -0.138. The van der Waals surface area contributed by atoms with Gasteiger partial charge in [-0.05, 0) is 37.5 Å². The van der Waals surface area contributed by atoms with Gasteiger partial charge in [-0.1, -0.05) is 43.0 Å². The average molecular weight is 378 g/mol. The first-order chi connectivity index (χ1) is 12.5. The van der Waals surface area contributed by atoms with Crippen LogP contribution in [0.25, 0.3) is 0 Å². The fourth-order valence-electron chi connectivity index (χ4n) is 3.87. The number of nitrogens with zero attached hydrogens (tertiary/aromatic N) is 2. The number of benzene rings is 1. The maximum Gasteiger partial charge on any atom is 0.317 e. The van der Waals surface area contributed by atoms with Gasteiger partial charge in [0.15, 0.2) is 0 Å². The minimum absolute atomic E-state index is 0.0813. The predicted molar refractivity (Wildman–Crippen MR) is 103 cm³/mol. The molecule has 0 aromatic heterocycles. The summed E-state index contributed by atoms with van der Waals surface area (Å²) in [5.41, 5.74) is 0.983. The molecule has 1 aromatic carbocycles. The third kappa shape index (κ3) is 4.70. The molecular weight excluding hydrogens is 350 g/mol. The summed E-state index contributed by atoms with van der Waals surface area (Å²) in [6, 6.07) is 7.34. The van der Waals surface area contributed by atoms with Crippen LogP contribution in [0.4, 0.5) is 4.79 Å². The molecule has 1 unspecified atom stereocenters. The Hall–Kier alpha value is -1.75. The van der Waals surface area contributed by atoms with Crippen LogP contribution in [0.15, 0.2) is 24.3 Å².